The third-order valence-corrected chi connectivity index (χ3v) is 4.07. The third-order valence-electron chi connectivity index (χ3n) is 4.07. The number of carbonyl (C=O) groups is 1. The molecule has 0 unspecified atom stereocenters. The highest BCUT2D eigenvalue weighted by Gasteiger charge is 2.19. The lowest BCUT2D eigenvalue weighted by molar-refractivity contribution is 0.0917. The van der Waals surface area contributed by atoms with E-state index >= 15 is 0 Å². The molecule has 1 aromatic carbocycles. The summed E-state index contributed by atoms with van der Waals surface area (Å²) >= 11 is 0. The predicted octanol–water partition coefficient (Wildman–Crippen LogP) is 2.11. The molecule has 1 aromatic rings. The molecule has 1 amide bonds. The second kappa shape index (κ2) is 6.75. The van der Waals surface area contributed by atoms with E-state index in [-0.39, 0.29) is 5.91 Å². The maximum atomic E-state index is 12.3. The lowest BCUT2D eigenvalue weighted by atomic mass is 10.0. The molecule has 0 radical (unpaired) electrons. The zero-order chi connectivity index (χ0) is 14.5. The van der Waals surface area contributed by atoms with Crippen molar-refractivity contribution in [2.24, 2.45) is 0 Å². The minimum Gasteiger partial charge on any atom is -0.388 e. The molecule has 0 spiro atoms. The van der Waals surface area contributed by atoms with Crippen molar-refractivity contribution >= 4 is 11.6 Å². The predicted molar refractivity (Wildman–Crippen MR) is 83.4 cm³/mol. The van der Waals surface area contributed by atoms with Crippen LogP contribution in [-0.4, -0.2) is 44.0 Å². The van der Waals surface area contributed by atoms with Crippen LogP contribution in [0.4, 0.5) is 5.69 Å². The van der Waals surface area contributed by atoms with Crippen LogP contribution in [0.3, 0.4) is 0 Å². The Balaban J connectivity index is 2.02. The number of likely N-dealkylation sites (tertiary alicyclic amines) is 1. The first kappa shape index (κ1) is 14.9. The fourth-order valence-electron chi connectivity index (χ4n) is 2.69. The Kier molecular flexibility index (Phi) is 5.01. The smallest absolute Gasteiger partial charge is 0.251 e. The molecule has 2 rings (SSSR count). The lowest BCUT2D eigenvalue weighted by Gasteiger charge is -2.29. The Bertz CT molecular complexity index is 465. The third kappa shape index (κ3) is 3.51. The first-order valence-corrected chi connectivity index (χ1v) is 7.44. The van der Waals surface area contributed by atoms with Gasteiger partial charge in [-0.3, -0.25) is 4.79 Å². The van der Waals surface area contributed by atoms with E-state index in [1.165, 1.54) is 5.56 Å². The van der Waals surface area contributed by atoms with Crippen LogP contribution in [-0.2, 0) is 6.42 Å². The van der Waals surface area contributed by atoms with Gasteiger partial charge in [0.2, 0.25) is 0 Å². The number of nitrogens with zero attached hydrogens (tertiary/aromatic N) is 1. The van der Waals surface area contributed by atoms with E-state index in [4.69, 9.17) is 0 Å². The standard InChI is InChI=1S/C16H25N3O/c1-4-12-11-13(5-6-15(12)17-2)16(20)18-14-7-9-19(3)10-8-14/h5-6,11,14,17H,4,7-10H2,1-3H3,(H,18,20). The SMILES string of the molecule is CCc1cc(C(=O)NC2CCN(C)CC2)ccc1NC. The van der Waals surface area contributed by atoms with Gasteiger partial charge in [-0.15, -0.1) is 0 Å². The molecule has 1 aliphatic rings. The summed E-state index contributed by atoms with van der Waals surface area (Å²) in [5.74, 6) is 0.0527. The molecular formula is C16H25N3O. The zero-order valence-electron chi connectivity index (χ0n) is 12.7. The Hall–Kier alpha value is -1.55. The molecule has 1 saturated heterocycles. The Labute approximate surface area is 121 Å². The van der Waals surface area contributed by atoms with Gasteiger partial charge in [-0.05, 0) is 63.2 Å². The first-order chi connectivity index (χ1) is 9.63. The van der Waals surface area contributed by atoms with E-state index in [1.807, 2.05) is 25.2 Å². The van der Waals surface area contributed by atoms with Gasteiger partial charge in [-0.25, -0.2) is 0 Å². The van der Waals surface area contributed by atoms with Crippen LogP contribution in [0.1, 0.15) is 35.7 Å². The minimum atomic E-state index is 0.0527. The molecule has 1 heterocycles. The quantitative estimate of drug-likeness (QED) is 0.884. The average Bonchev–Trinajstić information content (AvgIpc) is 2.48. The average molecular weight is 275 g/mol. The molecule has 4 heteroatoms. The first-order valence-electron chi connectivity index (χ1n) is 7.44. The van der Waals surface area contributed by atoms with Crippen LogP contribution in [0.2, 0.25) is 0 Å². The van der Waals surface area contributed by atoms with Gasteiger partial charge < -0.3 is 15.5 Å². The van der Waals surface area contributed by atoms with Crippen molar-refractivity contribution in [2.75, 3.05) is 32.5 Å². The molecule has 20 heavy (non-hydrogen) atoms. The van der Waals surface area contributed by atoms with E-state index in [2.05, 4.69) is 29.5 Å². The number of nitrogens with one attached hydrogen (secondary N) is 2. The van der Waals surface area contributed by atoms with Crippen LogP contribution >= 0.6 is 0 Å². The molecule has 1 aliphatic heterocycles. The largest absolute Gasteiger partial charge is 0.388 e. The van der Waals surface area contributed by atoms with Gasteiger partial charge in [-0.2, -0.15) is 0 Å². The summed E-state index contributed by atoms with van der Waals surface area (Å²) < 4.78 is 0. The molecule has 4 nitrogen and oxygen atoms in total. The van der Waals surface area contributed by atoms with Crippen molar-refractivity contribution in [3.63, 3.8) is 0 Å². The van der Waals surface area contributed by atoms with E-state index < -0.39 is 0 Å². The van der Waals surface area contributed by atoms with Gasteiger partial charge in [0, 0.05) is 24.3 Å². The highest BCUT2D eigenvalue weighted by Crippen LogP contribution is 2.18. The van der Waals surface area contributed by atoms with Crippen LogP contribution in [0.5, 0.6) is 0 Å². The molecule has 0 aliphatic carbocycles. The van der Waals surface area contributed by atoms with Crippen molar-refractivity contribution in [1.29, 1.82) is 0 Å². The molecule has 0 bridgehead atoms. The summed E-state index contributed by atoms with van der Waals surface area (Å²) in [6, 6.07) is 6.20. The molecular weight excluding hydrogens is 250 g/mol. The molecule has 0 aromatic heterocycles. The summed E-state index contributed by atoms with van der Waals surface area (Å²) in [5.41, 5.74) is 3.05. The van der Waals surface area contributed by atoms with E-state index in [1.54, 1.807) is 0 Å². The van der Waals surface area contributed by atoms with E-state index in [0.717, 1.165) is 43.6 Å². The fourth-order valence-corrected chi connectivity index (χ4v) is 2.69. The number of piperidine rings is 1. The van der Waals surface area contributed by atoms with Gasteiger partial charge in [0.1, 0.15) is 0 Å². The van der Waals surface area contributed by atoms with Crippen molar-refractivity contribution in [2.45, 2.75) is 32.2 Å². The van der Waals surface area contributed by atoms with Gasteiger partial charge in [-0.1, -0.05) is 6.92 Å². The van der Waals surface area contributed by atoms with Crippen LogP contribution < -0.4 is 10.6 Å². The number of amides is 1. The summed E-state index contributed by atoms with van der Waals surface area (Å²) in [6.45, 7) is 4.22. The maximum absolute atomic E-state index is 12.3. The normalized spacial score (nSPS) is 16.9. The van der Waals surface area contributed by atoms with Gasteiger partial charge >= 0.3 is 0 Å². The van der Waals surface area contributed by atoms with E-state index in [0.29, 0.717) is 6.04 Å². The molecule has 0 atom stereocenters. The monoisotopic (exact) mass is 275 g/mol. The molecule has 110 valence electrons. The molecule has 1 fully saturated rings. The minimum absolute atomic E-state index is 0.0527. The number of rotatable bonds is 4. The van der Waals surface area contributed by atoms with Crippen LogP contribution in [0, 0.1) is 0 Å². The van der Waals surface area contributed by atoms with Crippen LogP contribution in [0.25, 0.3) is 0 Å². The van der Waals surface area contributed by atoms with Crippen LogP contribution in [0.15, 0.2) is 18.2 Å². The van der Waals surface area contributed by atoms with E-state index in [9.17, 15) is 4.79 Å². The van der Waals surface area contributed by atoms with Crippen molar-refractivity contribution in [3.05, 3.63) is 29.3 Å². The molecule has 2 N–H and O–H groups in total. The Morgan fingerprint density at radius 1 is 1.35 bits per heavy atom. The topological polar surface area (TPSA) is 44.4 Å². The number of hydrogen-bond acceptors (Lipinski definition) is 3. The summed E-state index contributed by atoms with van der Waals surface area (Å²) in [6.07, 6.45) is 3.00. The summed E-state index contributed by atoms with van der Waals surface area (Å²) in [7, 11) is 4.04. The Morgan fingerprint density at radius 3 is 2.65 bits per heavy atom. The Morgan fingerprint density at radius 2 is 2.05 bits per heavy atom. The summed E-state index contributed by atoms with van der Waals surface area (Å²) in [4.78, 5) is 14.6. The van der Waals surface area contributed by atoms with Crippen molar-refractivity contribution < 1.29 is 4.79 Å². The molecule has 0 saturated carbocycles. The number of hydrogen-bond donors (Lipinski definition) is 2. The zero-order valence-corrected chi connectivity index (χ0v) is 12.7. The number of carbonyl (C=O) groups excluding carboxylic acids is 1. The summed E-state index contributed by atoms with van der Waals surface area (Å²) in [5, 5.41) is 6.32. The number of anilines is 1. The van der Waals surface area contributed by atoms with Gasteiger partial charge in [0.05, 0.1) is 0 Å². The van der Waals surface area contributed by atoms with Crippen molar-refractivity contribution in [1.82, 2.24) is 10.2 Å². The highest BCUT2D eigenvalue weighted by molar-refractivity contribution is 5.95. The fraction of sp³-hybridized carbons (Fsp3) is 0.562. The second-order valence-electron chi connectivity index (χ2n) is 5.53. The second-order valence-corrected chi connectivity index (χ2v) is 5.53. The lowest BCUT2D eigenvalue weighted by Crippen LogP contribution is -2.43. The van der Waals surface area contributed by atoms with Crippen molar-refractivity contribution in [3.8, 4) is 0 Å². The number of aryl methyl sites for hydroxylation is 1. The van der Waals surface area contributed by atoms with Gasteiger partial charge in [0.25, 0.3) is 5.91 Å². The van der Waals surface area contributed by atoms with Gasteiger partial charge in [0.15, 0.2) is 0 Å². The maximum Gasteiger partial charge on any atom is 0.251 e. The highest BCUT2D eigenvalue weighted by atomic mass is 16.1. The number of benzene rings is 1.